The van der Waals surface area contributed by atoms with Gasteiger partial charge in [-0.15, -0.1) is 0 Å². The van der Waals surface area contributed by atoms with Gasteiger partial charge < -0.3 is 15.4 Å². The standard InChI is InChI=1S/C17H26N2O4S/c1-13-4-5-14(24(3,21)22)10-15(13)16(20)19-11-17(12-23-2)6-8-18-9-7-17/h4-5,10,18H,6-9,11-12H2,1-3H3,(H,19,20). The first kappa shape index (κ1) is 18.9. The number of sulfone groups is 1. The number of rotatable bonds is 6. The van der Waals surface area contributed by atoms with Gasteiger partial charge in [0.2, 0.25) is 0 Å². The van der Waals surface area contributed by atoms with Gasteiger partial charge in [-0.3, -0.25) is 4.79 Å². The van der Waals surface area contributed by atoms with Gasteiger partial charge in [-0.25, -0.2) is 8.42 Å². The number of carbonyl (C=O) groups is 1. The molecule has 1 aromatic rings. The van der Waals surface area contributed by atoms with Crippen LogP contribution in [0.5, 0.6) is 0 Å². The fourth-order valence-electron chi connectivity index (χ4n) is 3.07. The second-order valence-electron chi connectivity index (χ2n) is 6.61. The summed E-state index contributed by atoms with van der Waals surface area (Å²) in [5.41, 5.74) is 1.09. The lowest BCUT2D eigenvalue weighted by Gasteiger charge is -2.37. The summed E-state index contributed by atoms with van der Waals surface area (Å²) in [6.45, 7) is 4.72. The molecule has 1 amide bonds. The molecule has 0 saturated carbocycles. The molecule has 7 heteroatoms. The van der Waals surface area contributed by atoms with Crippen LogP contribution in [0, 0.1) is 12.3 Å². The van der Waals surface area contributed by atoms with Gasteiger partial charge in [0.15, 0.2) is 9.84 Å². The minimum atomic E-state index is -3.34. The van der Waals surface area contributed by atoms with E-state index in [1.54, 1.807) is 20.1 Å². The highest BCUT2D eigenvalue weighted by atomic mass is 32.2. The van der Waals surface area contributed by atoms with Gasteiger partial charge >= 0.3 is 0 Å². The molecule has 1 heterocycles. The van der Waals surface area contributed by atoms with Crippen LogP contribution >= 0.6 is 0 Å². The van der Waals surface area contributed by atoms with E-state index in [0.717, 1.165) is 37.8 Å². The van der Waals surface area contributed by atoms with E-state index in [1.807, 2.05) is 0 Å². The summed E-state index contributed by atoms with van der Waals surface area (Å²) >= 11 is 0. The van der Waals surface area contributed by atoms with Crippen molar-refractivity contribution in [2.24, 2.45) is 5.41 Å². The van der Waals surface area contributed by atoms with E-state index in [9.17, 15) is 13.2 Å². The molecule has 2 rings (SSSR count). The molecule has 1 aliphatic rings. The van der Waals surface area contributed by atoms with Crippen molar-refractivity contribution in [1.29, 1.82) is 0 Å². The van der Waals surface area contributed by atoms with Crippen molar-refractivity contribution in [1.82, 2.24) is 10.6 Å². The van der Waals surface area contributed by atoms with Crippen molar-refractivity contribution in [2.75, 3.05) is 39.6 Å². The number of aryl methyl sites for hydroxylation is 1. The maximum absolute atomic E-state index is 12.6. The average molecular weight is 354 g/mol. The Balaban J connectivity index is 2.14. The van der Waals surface area contributed by atoms with Crippen LogP contribution in [0.15, 0.2) is 23.1 Å². The third kappa shape index (κ3) is 4.55. The number of carbonyl (C=O) groups excluding carboxylic acids is 1. The van der Waals surface area contributed by atoms with Crippen LogP contribution in [0.1, 0.15) is 28.8 Å². The summed E-state index contributed by atoms with van der Waals surface area (Å²) in [5.74, 6) is -0.244. The summed E-state index contributed by atoms with van der Waals surface area (Å²) in [6.07, 6.45) is 3.01. The minimum absolute atomic E-state index is 0.0714. The number of piperidine rings is 1. The predicted molar refractivity (Wildman–Crippen MR) is 93.0 cm³/mol. The van der Waals surface area contributed by atoms with E-state index in [4.69, 9.17) is 4.74 Å². The molecular formula is C17H26N2O4S. The average Bonchev–Trinajstić information content (AvgIpc) is 2.53. The molecule has 6 nitrogen and oxygen atoms in total. The number of hydrogen-bond donors (Lipinski definition) is 2. The molecule has 0 aromatic heterocycles. The highest BCUT2D eigenvalue weighted by Crippen LogP contribution is 2.28. The predicted octanol–water partition coefficient (Wildman–Crippen LogP) is 1.14. The second kappa shape index (κ2) is 7.63. The van der Waals surface area contributed by atoms with Crippen molar-refractivity contribution >= 4 is 15.7 Å². The van der Waals surface area contributed by atoms with Gasteiger partial charge in [0, 0.05) is 30.9 Å². The normalized spacial score (nSPS) is 17.5. The van der Waals surface area contributed by atoms with E-state index >= 15 is 0 Å². The van der Waals surface area contributed by atoms with Crippen LogP contribution in [0.2, 0.25) is 0 Å². The van der Waals surface area contributed by atoms with E-state index in [2.05, 4.69) is 10.6 Å². The van der Waals surface area contributed by atoms with Gasteiger partial charge in [-0.05, 0) is 50.6 Å². The fraction of sp³-hybridized carbons (Fsp3) is 0.588. The van der Waals surface area contributed by atoms with Crippen LogP contribution in [0.25, 0.3) is 0 Å². The fourth-order valence-corrected chi connectivity index (χ4v) is 3.72. The summed E-state index contributed by atoms with van der Waals surface area (Å²) < 4.78 is 28.8. The van der Waals surface area contributed by atoms with Gasteiger partial charge in [-0.1, -0.05) is 6.07 Å². The number of ether oxygens (including phenoxy) is 1. The van der Waals surface area contributed by atoms with E-state index < -0.39 is 9.84 Å². The largest absolute Gasteiger partial charge is 0.384 e. The summed E-state index contributed by atoms with van der Waals surface area (Å²) in [7, 11) is -1.67. The maximum Gasteiger partial charge on any atom is 0.251 e. The molecule has 0 radical (unpaired) electrons. The SMILES string of the molecule is COCC1(CNC(=O)c2cc(S(C)(=O)=O)ccc2C)CCNCC1. The van der Waals surface area contributed by atoms with Crippen LogP contribution in [-0.4, -0.2) is 53.9 Å². The second-order valence-corrected chi connectivity index (χ2v) is 8.63. The molecule has 0 bridgehead atoms. The Kier molecular flexibility index (Phi) is 6.01. The Morgan fingerprint density at radius 3 is 2.58 bits per heavy atom. The van der Waals surface area contributed by atoms with Crippen LogP contribution < -0.4 is 10.6 Å². The van der Waals surface area contributed by atoms with Gasteiger partial charge in [0.05, 0.1) is 11.5 Å². The number of hydrogen-bond acceptors (Lipinski definition) is 5. The summed E-state index contributed by atoms with van der Waals surface area (Å²) in [4.78, 5) is 12.7. The third-order valence-corrected chi connectivity index (χ3v) is 5.73. The molecule has 0 spiro atoms. The number of methoxy groups -OCH3 is 1. The van der Waals surface area contributed by atoms with Crippen molar-refractivity contribution < 1.29 is 17.9 Å². The van der Waals surface area contributed by atoms with Gasteiger partial charge in [-0.2, -0.15) is 0 Å². The zero-order valence-corrected chi connectivity index (χ0v) is 15.3. The number of benzene rings is 1. The van der Waals surface area contributed by atoms with Gasteiger partial charge in [0.25, 0.3) is 5.91 Å². The van der Waals surface area contributed by atoms with Crippen LogP contribution in [0.3, 0.4) is 0 Å². The molecule has 1 fully saturated rings. The Hall–Kier alpha value is -1.44. The number of nitrogens with one attached hydrogen (secondary N) is 2. The Morgan fingerprint density at radius 2 is 2.00 bits per heavy atom. The zero-order chi connectivity index (χ0) is 17.8. The topological polar surface area (TPSA) is 84.5 Å². The molecule has 1 saturated heterocycles. The lowest BCUT2D eigenvalue weighted by atomic mass is 9.79. The molecule has 134 valence electrons. The molecule has 2 N–H and O–H groups in total. The number of amides is 1. The van der Waals surface area contributed by atoms with Crippen molar-refractivity contribution in [3.8, 4) is 0 Å². The molecule has 0 aliphatic carbocycles. The smallest absolute Gasteiger partial charge is 0.251 e. The Bertz CT molecular complexity index is 689. The molecule has 0 atom stereocenters. The van der Waals surface area contributed by atoms with Crippen molar-refractivity contribution in [3.05, 3.63) is 29.3 Å². The van der Waals surface area contributed by atoms with E-state index in [1.165, 1.54) is 12.1 Å². The summed E-state index contributed by atoms with van der Waals surface area (Å²) in [6, 6.07) is 4.65. The van der Waals surface area contributed by atoms with E-state index in [0.29, 0.717) is 18.7 Å². The lowest BCUT2D eigenvalue weighted by molar-refractivity contribution is 0.0511. The molecule has 0 unspecified atom stereocenters. The van der Waals surface area contributed by atoms with Crippen molar-refractivity contribution in [3.63, 3.8) is 0 Å². The third-order valence-electron chi connectivity index (χ3n) is 4.62. The Labute approximate surface area is 143 Å². The van der Waals surface area contributed by atoms with Crippen LogP contribution in [-0.2, 0) is 14.6 Å². The minimum Gasteiger partial charge on any atom is -0.384 e. The first-order valence-corrected chi connectivity index (χ1v) is 9.95. The highest BCUT2D eigenvalue weighted by molar-refractivity contribution is 7.90. The maximum atomic E-state index is 12.6. The highest BCUT2D eigenvalue weighted by Gasteiger charge is 2.32. The van der Waals surface area contributed by atoms with Crippen molar-refractivity contribution in [2.45, 2.75) is 24.7 Å². The van der Waals surface area contributed by atoms with Gasteiger partial charge in [0.1, 0.15) is 0 Å². The lowest BCUT2D eigenvalue weighted by Crippen LogP contribution is -2.47. The molecule has 24 heavy (non-hydrogen) atoms. The zero-order valence-electron chi connectivity index (χ0n) is 14.5. The Morgan fingerprint density at radius 1 is 1.33 bits per heavy atom. The summed E-state index contributed by atoms with van der Waals surface area (Å²) in [5, 5.41) is 6.29. The quantitative estimate of drug-likeness (QED) is 0.800. The first-order chi connectivity index (χ1) is 11.3. The molecule has 1 aromatic carbocycles. The monoisotopic (exact) mass is 354 g/mol. The van der Waals surface area contributed by atoms with E-state index in [-0.39, 0.29) is 16.2 Å². The molecule has 1 aliphatic heterocycles. The molecular weight excluding hydrogens is 328 g/mol. The van der Waals surface area contributed by atoms with Crippen LogP contribution in [0.4, 0.5) is 0 Å². The first-order valence-electron chi connectivity index (χ1n) is 8.06.